The minimum atomic E-state index is 0.236. The Balaban J connectivity index is 2.33. The smallest absolute Gasteiger partial charge is 0.222 e. The third-order valence-corrected chi connectivity index (χ3v) is 2.97. The molecule has 96 valence electrons. The molecule has 0 saturated heterocycles. The maximum Gasteiger partial charge on any atom is 0.222 e. The lowest BCUT2D eigenvalue weighted by Crippen LogP contribution is -2.10. The van der Waals surface area contributed by atoms with Crippen LogP contribution in [0.15, 0.2) is 30.5 Å². The van der Waals surface area contributed by atoms with Gasteiger partial charge in [-0.05, 0) is 6.07 Å². The fraction of sp³-hybridized carbons (Fsp3) is 0.154. The van der Waals surface area contributed by atoms with Gasteiger partial charge in [0.1, 0.15) is 0 Å². The van der Waals surface area contributed by atoms with Gasteiger partial charge in [0.15, 0.2) is 5.65 Å². The summed E-state index contributed by atoms with van der Waals surface area (Å²) in [5.41, 5.74) is 9.28. The van der Waals surface area contributed by atoms with Crippen LogP contribution in [-0.2, 0) is 0 Å². The number of fused-ring (bicyclic) bond motifs is 1. The number of nitrogen functional groups attached to an aromatic ring is 1. The summed E-state index contributed by atoms with van der Waals surface area (Å²) in [6.45, 7) is 0. The van der Waals surface area contributed by atoms with Crippen LogP contribution in [0.25, 0.3) is 22.3 Å². The van der Waals surface area contributed by atoms with Gasteiger partial charge in [-0.25, -0.2) is 4.98 Å². The van der Waals surface area contributed by atoms with Crippen molar-refractivity contribution in [2.45, 2.75) is 0 Å². The SMILES string of the molecule is CN(C)c1ccccc1-c1nc(N)nc2[nH]ncc12. The number of anilines is 2. The van der Waals surface area contributed by atoms with E-state index in [1.165, 1.54) is 0 Å². The van der Waals surface area contributed by atoms with Crippen molar-refractivity contribution in [3.8, 4) is 11.3 Å². The topological polar surface area (TPSA) is 83.7 Å². The monoisotopic (exact) mass is 254 g/mol. The number of para-hydroxylation sites is 1. The number of rotatable bonds is 2. The predicted molar refractivity (Wildman–Crippen MR) is 75.9 cm³/mol. The van der Waals surface area contributed by atoms with E-state index in [1.54, 1.807) is 6.20 Å². The maximum atomic E-state index is 5.76. The molecule has 19 heavy (non-hydrogen) atoms. The highest BCUT2D eigenvalue weighted by Gasteiger charge is 2.14. The highest BCUT2D eigenvalue weighted by Crippen LogP contribution is 2.32. The number of nitrogens with one attached hydrogen (secondary N) is 1. The molecule has 2 heterocycles. The molecule has 0 atom stereocenters. The van der Waals surface area contributed by atoms with Gasteiger partial charge in [0.05, 0.1) is 17.3 Å². The molecule has 0 aliphatic heterocycles. The van der Waals surface area contributed by atoms with Crippen molar-refractivity contribution in [1.29, 1.82) is 0 Å². The number of hydrogen-bond acceptors (Lipinski definition) is 5. The van der Waals surface area contributed by atoms with E-state index < -0.39 is 0 Å². The molecule has 2 aromatic heterocycles. The first kappa shape index (κ1) is 11.5. The number of benzene rings is 1. The number of nitrogens with two attached hydrogens (primary N) is 1. The van der Waals surface area contributed by atoms with Crippen LogP contribution in [0.2, 0.25) is 0 Å². The summed E-state index contributed by atoms with van der Waals surface area (Å²) >= 11 is 0. The molecule has 3 aromatic rings. The lowest BCUT2D eigenvalue weighted by Gasteiger charge is -2.17. The highest BCUT2D eigenvalue weighted by molar-refractivity contribution is 5.94. The van der Waals surface area contributed by atoms with Crippen LogP contribution in [-0.4, -0.2) is 34.3 Å². The first-order valence-corrected chi connectivity index (χ1v) is 5.90. The zero-order valence-corrected chi connectivity index (χ0v) is 10.8. The third kappa shape index (κ3) is 1.87. The molecular formula is C13H14N6. The Labute approximate surface area is 110 Å². The maximum absolute atomic E-state index is 5.76. The van der Waals surface area contributed by atoms with E-state index >= 15 is 0 Å². The van der Waals surface area contributed by atoms with Crippen molar-refractivity contribution >= 4 is 22.7 Å². The summed E-state index contributed by atoms with van der Waals surface area (Å²) in [4.78, 5) is 10.5. The van der Waals surface area contributed by atoms with E-state index in [4.69, 9.17) is 5.73 Å². The highest BCUT2D eigenvalue weighted by atomic mass is 15.2. The molecule has 0 radical (unpaired) electrons. The average molecular weight is 254 g/mol. The molecule has 3 N–H and O–H groups in total. The zero-order chi connectivity index (χ0) is 13.4. The fourth-order valence-electron chi connectivity index (χ4n) is 2.12. The number of H-pyrrole nitrogens is 1. The second kappa shape index (κ2) is 4.24. The molecule has 0 saturated carbocycles. The van der Waals surface area contributed by atoms with Gasteiger partial charge in [-0.3, -0.25) is 5.10 Å². The van der Waals surface area contributed by atoms with E-state index in [0.29, 0.717) is 5.65 Å². The molecule has 1 aromatic carbocycles. The lowest BCUT2D eigenvalue weighted by molar-refractivity contribution is 1.09. The number of aromatic amines is 1. The second-order valence-corrected chi connectivity index (χ2v) is 4.47. The zero-order valence-electron chi connectivity index (χ0n) is 10.8. The number of hydrogen-bond donors (Lipinski definition) is 2. The molecule has 6 heteroatoms. The van der Waals surface area contributed by atoms with Gasteiger partial charge in [-0.15, -0.1) is 0 Å². The Morgan fingerprint density at radius 1 is 1.16 bits per heavy atom. The Hall–Kier alpha value is -2.63. The van der Waals surface area contributed by atoms with Gasteiger partial charge < -0.3 is 10.6 Å². The van der Waals surface area contributed by atoms with Crippen LogP contribution in [0.4, 0.5) is 11.6 Å². The molecule has 0 aliphatic carbocycles. The van der Waals surface area contributed by atoms with Crippen molar-refractivity contribution < 1.29 is 0 Å². The first-order valence-electron chi connectivity index (χ1n) is 5.90. The summed E-state index contributed by atoms with van der Waals surface area (Å²) < 4.78 is 0. The van der Waals surface area contributed by atoms with Crippen molar-refractivity contribution in [2.75, 3.05) is 24.7 Å². The minimum absolute atomic E-state index is 0.236. The van der Waals surface area contributed by atoms with E-state index in [-0.39, 0.29) is 5.95 Å². The van der Waals surface area contributed by atoms with Crippen LogP contribution in [0.3, 0.4) is 0 Å². The van der Waals surface area contributed by atoms with E-state index in [2.05, 4.69) is 20.2 Å². The summed E-state index contributed by atoms with van der Waals surface area (Å²) in [5, 5.41) is 7.70. The lowest BCUT2D eigenvalue weighted by atomic mass is 10.1. The summed E-state index contributed by atoms with van der Waals surface area (Å²) in [6, 6.07) is 8.03. The third-order valence-electron chi connectivity index (χ3n) is 2.97. The van der Waals surface area contributed by atoms with Crippen LogP contribution >= 0.6 is 0 Å². The van der Waals surface area contributed by atoms with Crippen molar-refractivity contribution in [2.24, 2.45) is 0 Å². The summed E-state index contributed by atoms with van der Waals surface area (Å²) in [6.07, 6.45) is 1.72. The van der Waals surface area contributed by atoms with Crippen LogP contribution < -0.4 is 10.6 Å². The van der Waals surface area contributed by atoms with E-state index in [0.717, 1.165) is 22.3 Å². The van der Waals surface area contributed by atoms with Gasteiger partial charge in [-0.1, -0.05) is 18.2 Å². The van der Waals surface area contributed by atoms with E-state index in [9.17, 15) is 0 Å². The molecule has 0 spiro atoms. The molecule has 0 amide bonds. The Morgan fingerprint density at radius 2 is 1.95 bits per heavy atom. The molecular weight excluding hydrogens is 240 g/mol. The first-order chi connectivity index (χ1) is 9.16. The quantitative estimate of drug-likeness (QED) is 0.726. The van der Waals surface area contributed by atoms with Gasteiger partial charge in [0, 0.05) is 25.3 Å². The van der Waals surface area contributed by atoms with Crippen LogP contribution in [0, 0.1) is 0 Å². The van der Waals surface area contributed by atoms with Gasteiger partial charge in [0.2, 0.25) is 5.95 Å². The fourth-order valence-corrected chi connectivity index (χ4v) is 2.12. The van der Waals surface area contributed by atoms with Crippen LogP contribution in [0.5, 0.6) is 0 Å². The van der Waals surface area contributed by atoms with Gasteiger partial charge >= 0.3 is 0 Å². The molecule has 0 aliphatic rings. The summed E-state index contributed by atoms with van der Waals surface area (Å²) in [5.74, 6) is 0.236. The Bertz CT molecular complexity index is 731. The molecule has 0 fully saturated rings. The van der Waals surface area contributed by atoms with Crippen molar-refractivity contribution in [3.05, 3.63) is 30.5 Å². The van der Waals surface area contributed by atoms with Crippen LogP contribution in [0.1, 0.15) is 0 Å². The Kier molecular flexibility index (Phi) is 2.56. The van der Waals surface area contributed by atoms with Crippen molar-refractivity contribution in [1.82, 2.24) is 20.2 Å². The molecule has 6 nitrogen and oxygen atoms in total. The second-order valence-electron chi connectivity index (χ2n) is 4.47. The van der Waals surface area contributed by atoms with Crippen molar-refractivity contribution in [3.63, 3.8) is 0 Å². The normalized spacial score (nSPS) is 10.8. The largest absolute Gasteiger partial charge is 0.377 e. The standard InChI is InChI=1S/C13H14N6/c1-19(2)10-6-4-3-5-8(10)11-9-7-15-18-12(9)17-13(14)16-11/h3-7H,1-2H3,(H3,14,15,16,17,18). The van der Waals surface area contributed by atoms with E-state index in [1.807, 2.05) is 43.3 Å². The minimum Gasteiger partial charge on any atom is -0.377 e. The molecule has 3 rings (SSSR count). The number of aromatic nitrogens is 4. The number of nitrogens with zero attached hydrogens (tertiary/aromatic N) is 4. The van der Waals surface area contributed by atoms with Gasteiger partial charge in [-0.2, -0.15) is 10.1 Å². The summed E-state index contributed by atoms with van der Waals surface area (Å²) in [7, 11) is 3.99. The predicted octanol–water partition coefficient (Wildman–Crippen LogP) is 1.67. The van der Waals surface area contributed by atoms with Gasteiger partial charge in [0.25, 0.3) is 0 Å². The Morgan fingerprint density at radius 3 is 2.74 bits per heavy atom. The molecule has 0 bridgehead atoms. The average Bonchev–Trinajstić information content (AvgIpc) is 2.85. The molecule has 0 unspecified atom stereocenters.